The Morgan fingerprint density at radius 3 is 3.00 bits per heavy atom. The Morgan fingerprint density at radius 2 is 2.46 bits per heavy atom. The second kappa shape index (κ2) is 4.78. The Labute approximate surface area is 86.4 Å². The Balaban J connectivity index is 2.96. The van der Waals surface area contributed by atoms with Crippen molar-refractivity contribution in [2.24, 2.45) is 0 Å². The van der Waals surface area contributed by atoms with E-state index in [2.05, 4.69) is 17.1 Å². The largest absolute Gasteiger partial charge is 0.388 e. The van der Waals surface area contributed by atoms with Crippen LogP contribution >= 0.6 is 24.0 Å². The van der Waals surface area contributed by atoms with Gasteiger partial charge in [-0.15, -0.1) is 0 Å². The van der Waals surface area contributed by atoms with Crippen LogP contribution < -0.4 is 0 Å². The van der Waals surface area contributed by atoms with Crippen molar-refractivity contribution < 1.29 is 5.11 Å². The highest BCUT2D eigenvalue weighted by atomic mass is 32.2. The van der Waals surface area contributed by atoms with Crippen molar-refractivity contribution in [2.75, 3.05) is 12.0 Å². The number of aliphatic hydroxyl groups is 1. The summed E-state index contributed by atoms with van der Waals surface area (Å²) in [5, 5.41) is 15.6. The molecule has 1 heterocycles. The highest BCUT2D eigenvalue weighted by Gasteiger charge is 2.10. The quantitative estimate of drug-likeness (QED) is 0.751. The summed E-state index contributed by atoms with van der Waals surface area (Å²) in [6.07, 6.45) is 2.04. The first kappa shape index (κ1) is 10.7. The third kappa shape index (κ3) is 2.32. The van der Waals surface area contributed by atoms with Crippen LogP contribution in [0.5, 0.6) is 0 Å². The zero-order chi connectivity index (χ0) is 9.84. The number of nitrogens with one attached hydrogen (secondary N) is 1. The lowest BCUT2D eigenvalue weighted by Gasteiger charge is -2.12. The second-order valence-corrected chi connectivity index (χ2v) is 4.07. The van der Waals surface area contributed by atoms with Gasteiger partial charge in [-0.2, -0.15) is 16.9 Å². The number of hydrogen-bond donors (Lipinski definition) is 2. The van der Waals surface area contributed by atoms with E-state index in [-0.39, 0.29) is 12.6 Å². The van der Waals surface area contributed by atoms with Gasteiger partial charge in [0.2, 0.25) is 0 Å². The summed E-state index contributed by atoms with van der Waals surface area (Å²) in [6.45, 7) is 1.98. The summed E-state index contributed by atoms with van der Waals surface area (Å²) in [4.78, 5) is 0. The number of rotatable bonds is 4. The first-order valence-corrected chi connectivity index (χ1v) is 5.76. The van der Waals surface area contributed by atoms with E-state index in [9.17, 15) is 0 Å². The molecule has 1 aromatic heterocycles. The minimum atomic E-state index is -0.0775. The van der Waals surface area contributed by atoms with Gasteiger partial charge in [-0.3, -0.25) is 9.67 Å². The average Bonchev–Trinajstić information content (AvgIpc) is 2.47. The molecule has 0 aliphatic rings. The molecule has 0 fully saturated rings. The fraction of sp³-hybridized carbons (Fsp3) is 0.714. The molecule has 0 saturated heterocycles. The Hall–Kier alpha value is -0.330. The van der Waals surface area contributed by atoms with E-state index in [0.29, 0.717) is 10.6 Å². The van der Waals surface area contributed by atoms with Gasteiger partial charge in [-0.1, -0.05) is 0 Å². The van der Waals surface area contributed by atoms with Crippen molar-refractivity contribution in [3.8, 4) is 0 Å². The first-order valence-electron chi connectivity index (χ1n) is 3.96. The van der Waals surface area contributed by atoms with Gasteiger partial charge in [0, 0.05) is 11.8 Å². The van der Waals surface area contributed by atoms with Crippen LogP contribution in [0.3, 0.4) is 0 Å². The molecule has 13 heavy (non-hydrogen) atoms. The normalized spacial score (nSPS) is 13.2. The molecule has 0 amide bonds. The smallest absolute Gasteiger partial charge is 0.195 e. The van der Waals surface area contributed by atoms with Gasteiger partial charge in [0.25, 0.3) is 0 Å². The molecule has 1 rings (SSSR count). The van der Waals surface area contributed by atoms with Gasteiger partial charge in [0.1, 0.15) is 6.61 Å². The summed E-state index contributed by atoms with van der Waals surface area (Å²) >= 11 is 6.80. The van der Waals surface area contributed by atoms with E-state index < -0.39 is 0 Å². The van der Waals surface area contributed by atoms with Gasteiger partial charge >= 0.3 is 0 Å². The van der Waals surface area contributed by atoms with Crippen molar-refractivity contribution in [1.82, 2.24) is 14.8 Å². The van der Waals surface area contributed by atoms with Gasteiger partial charge in [0.15, 0.2) is 10.6 Å². The molecule has 0 aromatic carbocycles. The molecule has 0 radical (unpaired) electrons. The Bertz CT molecular complexity index is 320. The maximum atomic E-state index is 8.99. The molecule has 1 atom stereocenters. The molecule has 2 N–H and O–H groups in total. The average molecular weight is 219 g/mol. The van der Waals surface area contributed by atoms with E-state index in [0.717, 1.165) is 5.75 Å². The lowest BCUT2D eigenvalue weighted by molar-refractivity contribution is 0.262. The predicted octanol–water partition coefficient (Wildman–Crippen LogP) is 1.36. The molecular formula is C7H13N3OS2. The van der Waals surface area contributed by atoms with Crippen molar-refractivity contribution in [3.05, 3.63) is 10.6 Å². The predicted molar refractivity (Wildman–Crippen MR) is 56.4 cm³/mol. The summed E-state index contributed by atoms with van der Waals surface area (Å²) < 4.78 is 2.43. The van der Waals surface area contributed by atoms with Crippen LogP contribution in [-0.2, 0) is 6.61 Å². The van der Waals surface area contributed by atoms with Gasteiger partial charge in [0.05, 0.1) is 0 Å². The molecule has 0 spiro atoms. The molecule has 1 aromatic rings. The molecule has 0 saturated carbocycles. The highest BCUT2D eigenvalue weighted by molar-refractivity contribution is 7.98. The number of nitrogens with zero attached hydrogens (tertiary/aromatic N) is 2. The fourth-order valence-corrected chi connectivity index (χ4v) is 2.18. The zero-order valence-corrected chi connectivity index (χ0v) is 9.28. The first-order chi connectivity index (χ1) is 6.20. The van der Waals surface area contributed by atoms with E-state index in [1.54, 1.807) is 11.8 Å². The lowest BCUT2D eigenvalue weighted by Crippen LogP contribution is -2.11. The van der Waals surface area contributed by atoms with E-state index in [1.165, 1.54) is 0 Å². The monoisotopic (exact) mass is 219 g/mol. The maximum Gasteiger partial charge on any atom is 0.195 e. The number of H-pyrrole nitrogens is 1. The highest BCUT2D eigenvalue weighted by Crippen LogP contribution is 2.13. The van der Waals surface area contributed by atoms with E-state index in [1.807, 2.05) is 10.8 Å². The van der Waals surface area contributed by atoms with Crippen molar-refractivity contribution in [2.45, 2.75) is 19.6 Å². The van der Waals surface area contributed by atoms with Crippen LogP contribution in [0.25, 0.3) is 0 Å². The van der Waals surface area contributed by atoms with Crippen LogP contribution in [0.2, 0.25) is 0 Å². The van der Waals surface area contributed by atoms with E-state index >= 15 is 0 Å². The Morgan fingerprint density at radius 1 is 1.77 bits per heavy atom. The molecular weight excluding hydrogens is 206 g/mol. The van der Waals surface area contributed by atoms with Crippen LogP contribution in [0.15, 0.2) is 0 Å². The molecule has 0 bridgehead atoms. The molecule has 1 unspecified atom stereocenters. The molecule has 4 nitrogen and oxygen atoms in total. The van der Waals surface area contributed by atoms with E-state index in [4.69, 9.17) is 17.3 Å². The summed E-state index contributed by atoms with van der Waals surface area (Å²) in [6, 6.07) is 0.267. The molecule has 74 valence electrons. The Kier molecular flexibility index (Phi) is 3.95. The fourth-order valence-electron chi connectivity index (χ4n) is 1.22. The summed E-state index contributed by atoms with van der Waals surface area (Å²) in [5.74, 6) is 1.56. The van der Waals surface area contributed by atoms with Crippen molar-refractivity contribution in [3.63, 3.8) is 0 Å². The van der Waals surface area contributed by atoms with Crippen LogP contribution in [0.4, 0.5) is 0 Å². The number of aromatic amines is 1. The minimum Gasteiger partial charge on any atom is -0.388 e. The topological polar surface area (TPSA) is 53.8 Å². The summed E-state index contributed by atoms with van der Waals surface area (Å²) in [5.41, 5.74) is 0. The summed E-state index contributed by atoms with van der Waals surface area (Å²) in [7, 11) is 0. The van der Waals surface area contributed by atoms with Gasteiger partial charge in [-0.25, -0.2) is 0 Å². The molecule has 0 aliphatic heterocycles. The SMILES string of the molecule is CSCC(C)n1c(CO)n[nH]c1=S. The zero-order valence-electron chi connectivity index (χ0n) is 7.65. The van der Waals surface area contributed by atoms with Gasteiger partial charge < -0.3 is 5.11 Å². The van der Waals surface area contributed by atoms with Crippen molar-refractivity contribution in [1.29, 1.82) is 0 Å². The molecule has 0 aliphatic carbocycles. The van der Waals surface area contributed by atoms with Gasteiger partial charge in [-0.05, 0) is 25.4 Å². The second-order valence-electron chi connectivity index (χ2n) is 2.78. The number of thioether (sulfide) groups is 1. The van der Waals surface area contributed by atoms with Crippen LogP contribution in [0, 0.1) is 4.77 Å². The molecule has 6 heteroatoms. The minimum absolute atomic E-state index is 0.0775. The lowest BCUT2D eigenvalue weighted by atomic mass is 10.4. The third-order valence-electron chi connectivity index (χ3n) is 1.77. The number of hydrogen-bond acceptors (Lipinski definition) is 4. The maximum absolute atomic E-state index is 8.99. The standard InChI is InChI=1S/C7H13N3OS2/c1-5(4-13-2)10-6(3-11)8-9-7(10)12/h5,11H,3-4H2,1-2H3,(H,9,12). The number of aliphatic hydroxyl groups excluding tert-OH is 1. The number of aromatic nitrogens is 3. The van der Waals surface area contributed by atoms with Crippen LogP contribution in [0.1, 0.15) is 18.8 Å². The third-order valence-corrected chi connectivity index (χ3v) is 2.87. The van der Waals surface area contributed by atoms with Crippen LogP contribution in [-0.4, -0.2) is 31.9 Å². The van der Waals surface area contributed by atoms with Crippen molar-refractivity contribution >= 4 is 24.0 Å².